The Bertz CT molecular complexity index is 317. The van der Waals surface area contributed by atoms with E-state index in [4.69, 9.17) is 4.74 Å². The van der Waals surface area contributed by atoms with Gasteiger partial charge < -0.3 is 10.1 Å². The van der Waals surface area contributed by atoms with Crippen LogP contribution in [0.25, 0.3) is 0 Å². The second kappa shape index (κ2) is 6.69. The molecule has 0 saturated carbocycles. The van der Waals surface area contributed by atoms with Gasteiger partial charge in [-0.2, -0.15) is 11.8 Å². The summed E-state index contributed by atoms with van der Waals surface area (Å²) in [4.78, 5) is 8.40. The van der Waals surface area contributed by atoms with E-state index in [9.17, 15) is 0 Å². The third-order valence-electron chi connectivity index (χ3n) is 3.15. The summed E-state index contributed by atoms with van der Waals surface area (Å²) in [5.74, 6) is 1.34. The average Bonchev–Trinajstić information content (AvgIpc) is 2.41. The Kier molecular flexibility index (Phi) is 5.55. The molecule has 5 heteroatoms. The van der Waals surface area contributed by atoms with Crippen molar-refractivity contribution in [3.8, 4) is 5.75 Å². The van der Waals surface area contributed by atoms with Crippen LogP contribution in [-0.2, 0) is 0 Å². The van der Waals surface area contributed by atoms with Gasteiger partial charge in [-0.15, -0.1) is 0 Å². The lowest BCUT2D eigenvalue weighted by Gasteiger charge is -2.29. The normalized spacial score (nSPS) is 11.3. The predicted molar refractivity (Wildman–Crippen MR) is 73.9 cm³/mol. The Labute approximate surface area is 108 Å². The van der Waals surface area contributed by atoms with Gasteiger partial charge >= 0.3 is 0 Å². The van der Waals surface area contributed by atoms with Gasteiger partial charge in [-0.3, -0.25) is 0 Å². The molecule has 1 aromatic heterocycles. The second-order valence-electron chi connectivity index (χ2n) is 3.89. The number of rotatable bonds is 7. The summed E-state index contributed by atoms with van der Waals surface area (Å²) in [6.45, 7) is 5.32. The molecule has 1 N–H and O–H groups in total. The molecule has 4 nitrogen and oxygen atoms in total. The number of thioether (sulfide) groups is 1. The van der Waals surface area contributed by atoms with Gasteiger partial charge in [0.05, 0.1) is 19.5 Å². The highest BCUT2D eigenvalue weighted by atomic mass is 32.2. The molecule has 0 aliphatic carbocycles. The Balaban J connectivity index is 2.59. The minimum Gasteiger partial charge on any atom is -0.494 e. The quantitative estimate of drug-likeness (QED) is 0.812. The number of ether oxygens (including phenoxy) is 1. The molecular weight excluding hydrogens is 234 g/mol. The van der Waals surface area contributed by atoms with Crippen LogP contribution in [0.15, 0.2) is 12.4 Å². The lowest BCUT2D eigenvalue weighted by atomic mass is 10.0. The highest BCUT2D eigenvalue weighted by Gasteiger charge is 2.24. The van der Waals surface area contributed by atoms with Gasteiger partial charge in [-0.05, 0) is 19.1 Å². The fourth-order valence-electron chi connectivity index (χ4n) is 1.61. The molecule has 0 unspecified atom stereocenters. The maximum absolute atomic E-state index is 5.02. The van der Waals surface area contributed by atoms with Crippen molar-refractivity contribution in [2.45, 2.75) is 31.4 Å². The van der Waals surface area contributed by atoms with Crippen LogP contribution in [0.1, 0.15) is 26.7 Å². The lowest BCUT2D eigenvalue weighted by Crippen LogP contribution is -2.32. The van der Waals surface area contributed by atoms with Crippen molar-refractivity contribution < 1.29 is 4.74 Å². The summed E-state index contributed by atoms with van der Waals surface area (Å²) in [5.41, 5.74) is 0. The van der Waals surface area contributed by atoms with E-state index in [1.807, 2.05) is 11.8 Å². The minimum absolute atomic E-state index is 0.267. The number of methoxy groups -OCH3 is 1. The largest absolute Gasteiger partial charge is 0.494 e. The number of nitrogens with one attached hydrogen (secondary N) is 1. The van der Waals surface area contributed by atoms with Crippen molar-refractivity contribution in [2.75, 3.05) is 25.2 Å². The van der Waals surface area contributed by atoms with Crippen LogP contribution >= 0.6 is 11.8 Å². The van der Waals surface area contributed by atoms with Crippen LogP contribution < -0.4 is 10.1 Å². The van der Waals surface area contributed by atoms with Crippen LogP contribution in [-0.4, -0.2) is 34.6 Å². The highest BCUT2D eigenvalue weighted by molar-refractivity contribution is 8.00. The van der Waals surface area contributed by atoms with Gasteiger partial charge in [0.15, 0.2) is 5.75 Å². The lowest BCUT2D eigenvalue weighted by molar-refractivity contribution is 0.411. The molecule has 0 aliphatic heterocycles. The van der Waals surface area contributed by atoms with Crippen LogP contribution in [0.2, 0.25) is 0 Å². The SMILES string of the molecule is CCC(CC)(CNc1ncc(OC)cn1)SC. The number of nitrogens with zero attached hydrogens (tertiary/aromatic N) is 2. The summed E-state index contributed by atoms with van der Waals surface area (Å²) in [5, 5.41) is 3.29. The van der Waals surface area contributed by atoms with E-state index in [0.29, 0.717) is 11.7 Å². The van der Waals surface area contributed by atoms with Gasteiger partial charge in [-0.1, -0.05) is 13.8 Å². The first-order chi connectivity index (χ1) is 8.19. The first-order valence-electron chi connectivity index (χ1n) is 5.84. The first-order valence-corrected chi connectivity index (χ1v) is 7.07. The zero-order valence-electron chi connectivity index (χ0n) is 11.0. The molecule has 0 aromatic carbocycles. The zero-order chi connectivity index (χ0) is 12.7. The number of anilines is 1. The molecule has 1 aromatic rings. The summed E-state index contributed by atoms with van der Waals surface area (Å²) in [6.07, 6.45) is 7.77. The molecule has 1 rings (SSSR count). The Hall–Kier alpha value is -0.970. The van der Waals surface area contributed by atoms with Crippen LogP contribution in [0.5, 0.6) is 5.75 Å². The highest BCUT2D eigenvalue weighted by Crippen LogP contribution is 2.30. The maximum atomic E-state index is 5.02. The van der Waals surface area contributed by atoms with Crippen molar-refractivity contribution in [2.24, 2.45) is 0 Å². The van der Waals surface area contributed by atoms with Gasteiger partial charge in [0.2, 0.25) is 5.95 Å². The molecule has 0 spiro atoms. The van der Waals surface area contributed by atoms with E-state index in [2.05, 4.69) is 35.4 Å². The molecular formula is C12H21N3OS. The van der Waals surface area contributed by atoms with Gasteiger partial charge in [0.1, 0.15) is 0 Å². The Morgan fingerprint density at radius 3 is 2.29 bits per heavy atom. The van der Waals surface area contributed by atoms with Crippen molar-refractivity contribution in [1.82, 2.24) is 9.97 Å². The summed E-state index contributed by atoms with van der Waals surface area (Å²) >= 11 is 1.90. The van der Waals surface area contributed by atoms with E-state index in [-0.39, 0.29) is 4.75 Å². The molecule has 0 atom stereocenters. The zero-order valence-corrected chi connectivity index (χ0v) is 11.8. The Morgan fingerprint density at radius 2 is 1.88 bits per heavy atom. The summed E-state index contributed by atoms with van der Waals surface area (Å²) in [7, 11) is 1.61. The topological polar surface area (TPSA) is 47.0 Å². The number of aromatic nitrogens is 2. The summed E-state index contributed by atoms with van der Waals surface area (Å²) in [6, 6.07) is 0. The van der Waals surface area contributed by atoms with E-state index in [0.717, 1.165) is 19.4 Å². The fraction of sp³-hybridized carbons (Fsp3) is 0.667. The van der Waals surface area contributed by atoms with Crippen molar-refractivity contribution in [3.63, 3.8) is 0 Å². The minimum atomic E-state index is 0.267. The van der Waals surface area contributed by atoms with E-state index >= 15 is 0 Å². The standard InChI is InChI=1S/C12H21N3OS/c1-5-12(6-2,17-4)9-15-11-13-7-10(16-3)8-14-11/h7-8H,5-6,9H2,1-4H3,(H,13,14,15). The molecule has 96 valence electrons. The smallest absolute Gasteiger partial charge is 0.222 e. The molecule has 17 heavy (non-hydrogen) atoms. The van der Waals surface area contributed by atoms with Gasteiger partial charge in [0.25, 0.3) is 0 Å². The van der Waals surface area contributed by atoms with Crippen LogP contribution in [0, 0.1) is 0 Å². The third-order valence-corrected chi connectivity index (χ3v) is 4.74. The van der Waals surface area contributed by atoms with Gasteiger partial charge in [-0.25, -0.2) is 9.97 Å². The molecule has 0 bridgehead atoms. The molecule has 0 amide bonds. The maximum Gasteiger partial charge on any atom is 0.222 e. The fourth-order valence-corrected chi connectivity index (χ4v) is 2.41. The molecule has 0 radical (unpaired) electrons. The number of hydrogen-bond acceptors (Lipinski definition) is 5. The third kappa shape index (κ3) is 3.77. The first kappa shape index (κ1) is 14.1. The van der Waals surface area contributed by atoms with Crippen molar-refractivity contribution in [1.29, 1.82) is 0 Å². The van der Waals surface area contributed by atoms with E-state index in [1.54, 1.807) is 19.5 Å². The van der Waals surface area contributed by atoms with Crippen LogP contribution in [0.4, 0.5) is 5.95 Å². The Morgan fingerprint density at radius 1 is 1.29 bits per heavy atom. The van der Waals surface area contributed by atoms with Crippen molar-refractivity contribution in [3.05, 3.63) is 12.4 Å². The van der Waals surface area contributed by atoms with Crippen LogP contribution in [0.3, 0.4) is 0 Å². The summed E-state index contributed by atoms with van der Waals surface area (Å²) < 4.78 is 5.29. The predicted octanol–water partition coefficient (Wildman–Crippen LogP) is 2.82. The monoisotopic (exact) mass is 255 g/mol. The van der Waals surface area contributed by atoms with E-state index < -0.39 is 0 Å². The van der Waals surface area contributed by atoms with E-state index in [1.165, 1.54) is 0 Å². The molecule has 1 heterocycles. The molecule has 0 aliphatic rings. The van der Waals surface area contributed by atoms with Crippen molar-refractivity contribution >= 4 is 17.7 Å². The number of hydrogen-bond donors (Lipinski definition) is 1. The second-order valence-corrected chi connectivity index (χ2v) is 5.17. The molecule has 0 saturated heterocycles. The average molecular weight is 255 g/mol. The van der Waals surface area contributed by atoms with Gasteiger partial charge in [0, 0.05) is 11.3 Å². The molecule has 0 fully saturated rings.